The van der Waals surface area contributed by atoms with E-state index in [-0.39, 0.29) is 0 Å². The Hall–Kier alpha value is -5.02. The lowest BCUT2D eigenvalue weighted by Crippen LogP contribution is -1.92. The minimum atomic E-state index is 0.657. The molecule has 3 heteroatoms. The van der Waals surface area contributed by atoms with Crippen LogP contribution in [0.1, 0.15) is 37.5 Å². The first-order chi connectivity index (χ1) is 20.5. The molecule has 0 amide bonds. The number of benzene rings is 3. The Bertz CT molecular complexity index is 1640. The monoisotopic (exact) mass is 550 g/mol. The van der Waals surface area contributed by atoms with Gasteiger partial charge >= 0.3 is 0 Å². The molecule has 210 valence electrons. The number of allylic oxidation sites excluding steroid dienone is 6. The number of ether oxygens (including phenoxy) is 1. The van der Waals surface area contributed by atoms with Gasteiger partial charge in [-0.05, 0) is 113 Å². The van der Waals surface area contributed by atoms with Gasteiger partial charge < -0.3 is 4.74 Å². The van der Waals surface area contributed by atoms with Crippen LogP contribution in [0.5, 0.6) is 5.75 Å². The first-order valence-corrected chi connectivity index (χ1v) is 14.2. The third kappa shape index (κ3) is 8.25. The zero-order valence-electron chi connectivity index (χ0n) is 24.8. The van der Waals surface area contributed by atoms with Gasteiger partial charge in [0, 0.05) is 24.8 Å². The van der Waals surface area contributed by atoms with Crippen LogP contribution in [0.25, 0.3) is 33.9 Å². The highest BCUT2D eigenvalue weighted by molar-refractivity contribution is 5.78. The second-order valence-corrected chi connectivity index (χ2v) is 9.90. The highest BCUT2D eigenvalue weighted by Crippen LogP contribution is 2.31. The summed E-state index contributed by atoms with van der Waals surface area (Å²) in [6.45, 7) is 14.9. The molecular formula is C39H38N2O. The van der Waals surface area contributed by atoms with Crippen molar-refractivity contribution >= 4 is 17.9 Å². The summed E-state index contributed by atoms with van der Waals surface area (Å²) in [5, 5.41) is 0. The maximum absolute atomic E-state index is 5.63. The highest BCUT2D eigenvalue weighted by atomic mass is 16.5. The van der Waals surface area contributed by atoms with E-state index in [1.165, 1.54) is 11.1 Å². The molecule has 3 nitrogen and oxygen atoms in total. The van der Waals surface area contributed by atoms with E-state index in [0.717, 1.165) is 56.7 Å². The lowest BCUT2D eigenvalue weighted by atomic mass is 9.92. The van der Waals surface area contributed by atoms with Gasteiger partial charge in [-0.3, -0.25) is 9.98 Å². The van der Waals surface area contributed by atoms with E-state index in [1.807, 2.05) is 38.2 Å². The molecule has 0 N–H and O–H groups in total. The van der Waals surface area contributed by atoms with Gasteiger partial charge in [0.15, 0.2) is 0 Å². The van der Waals surface area contributed by atoms with Crippen molar-refractivity contribution in [2.75, 3.05) is 6.61 Å². The quantitative estimate of drug-likeness (QED) is 0.130. The number of rotatable bonds is 12. The number of nitrogens with zero attached hydrogens (tertiary/aromatic N) is 2. The number of pyridine rings is 1. The Morgan fingerprint density at radius 3 is 2.40 bits per heavy atom. The van der Waals surface area contributed by atoms with E-state index in [4.69, 9.17) is 4.74 Å². The van der Waals surface area contributed by atoms with Crippen molar-refractivity contribution in [1.29, 1.82) is 0 Å². The Labute approximate surface area is 250 Å². The van der Waals surface area contributed by atoms with Gasteiger partial charge in [-0.15, -0.1) is 0 Å². The standard InChI is InChI=1S/C39H38N2O/c1-6-33(28-40-7-2)29(4)22-30(5)37-23-32(13-9-12-31-14-11-21-41-27-31)24-38(26-37)36-16-10-15-35(25-36)34-17-19-39(20-18-34)42-8-3/h6-7,9-12,14-28H,1,4,8,13H2,2-3,5H3/b12-9+,30-22+,33-28+,40-7?. The third-order valence-electron chi connectivity index (χ3n) is 6.84. The van der Waals surface area contributed by atoms with Crippen molar-refractivity contribution in [3.05, 3.63) is 157 Å². The van der Waals surface area contributed by atoms with Crippen LogP contribution in [-0.2, 0) is 6.42 Å². The summed E-state index contributed by atoms with van der Waals surface area (Å²) in [7, 11) is 0. The maximum Gasteiger partial charge on any atom is 0.119 e. The van der Waals surface area contributed by atoms with Crippen LogP contribution in [0.2, 0.25) is 0 Å². The average molecular weight is 551 g/mol. The molecule has 0 aliphatic carbocycles. The molecule has 3 aromatic carbocycles. The second kappa shape index (κ2) is 15.1. The summed E-state index contributed by atoms with van der Waals surface area (Å²) in [5.41, 5.74) is 11.0. The summed E-state index contributed by atoms with van der Waals surface area (Å²) in [4.78, 5) is 8.47. The molecule has 1 aromatic heterocycles. The van der Waals surface area contributed by atoms with E-state index >= 15 is 0 Å². The molecule has 42 heavy (non-hydrogen) atoms. The van der Waals surface area contributed by atoms with Gasteiger partial charge in [-0.2, -0.15) is 0 Å². The zero-order chi connectivity index (χ0) is 29.7. The molecule has 0 aliphatic rings. The molecule has 0 spiro atoms. The van der Waals surface area contributed by atoms with Crippen molar-refractivity contribution in [1.82, 2.24) is 4.98 Å². The van der Waals surface area contributed by atoms with Crippen LogP contribution in [0.3, 0.4) is 0 Å². The van der Waals surface area contributed by atoms with Crippen LogP contribution < -0.4 is 4.74 Å². The fourth-order valence-electron chi connectivity index (χ4n) is 4.65. The number of hydrogen-bond donors (Lipinski definition) is 0. The number of aliphatic imine (C=N–C) groups is 1. The van der Waals surface area contributed by atoms with Gasteiger partial charge in [0.05, 0.1) is 6.61 Å². The normalized spacial score (nSPS) is 12.2. The van der Waals surface area contributed by atoms with Crippen LogP contribution in [-0.4, -0.2) is 17.8 Å². The van der Waals surface area contributed by atoms with Gasteiger partial charge in [0.1, 0.15) is 5.75 Å². The predicted octanol–water partition coefficient (Wildman–Crippen LogP) is 10.2. The summed E-state index contributed by atoms with van der Waals surface area (Å²) in [6, 6.07) is 27.8. The van der Waals surface area contributed by atoms with Gasteiger partial charge in [0.2, 0.25) is 0 Å². The lowest BCUT2D eigenvalue weighted by molar-refractivity contribution is 0.340. The van der Waals surface area contributed by atoms with Crippen molar-refractivity contribution in [3.8, 4) is 28.0 Å². The smallest absolute Gasteiger partial charge is 0.119 e. The van der Waals surface area contributed by atoms with E-state index in [9.17, 15) is 0 Å². The highest BCUT2D eigenvalue weighted by Gasteiger charge is 2.08. The number of aromatic nitrogens is 1. The summed E-state index contributed by atoms with van der Waals surface area (Å²) in [6.07, 6.45) is 16.2. The molecule has 4 aromatic rings. The molecule has 0 atom stereocenters. The molecule has 0 saturated heterocycles. The summed E-state index contributed by atoms with van der Waals surface area (Å²) >= 11 is 0. The van der Waals surface area contributed by atoms with Crippen LogP contribution in [0.4, 0.5) is 0 Å². The maximum atomic E-state index is 5.63. The second-order valence-electron chi connectivity index (χ2n) is 9.90. The summed E-state index contributed by atoms with van der Waals surface area (Å²) in [5.74, 6) is 0.883. The Balaban J connectivity index is 1.72. The molecule has 0 fully saturated rings. The van der Waals surface area contributed by atoms with E-state index < -0.39 is 0 Å². The van der Waals surface area contributed by atoms with Crippen LogP contribution in [0.15, 0.2) is 145 Å². The molecule has 0 bridgehead atoms. The Kier molecular flexibility index (Phi) is 10.8. The predicted molar refractivity (Wildman–Crippen MR) is 181 cm³/mol. The first kappa shape index (κ1) is 30.0. The molecule has 0 unspecified atom stereocenters. The van der Waals surface area contributed by atoms with E-state index in [1.54, 1.807) is 24.7 Å². The molecular weight excluding hydrogens is 512 g/mol. The van der Waals surface area contributed by atoms with E-state index in [2.05, 4.69) is 109 Å². The Morgan fingerprint density at radius 2 is 1.71 bits per heavy atom. The molecule has 0 radical (unpaired) electrons. The Morgan fingerprint density at radius 1 is 0.929 bits per heavy atom. The fraction of sp³-hybridized carbons (Fsp3) is 0.128. The van der Waals surface area contributed by atoms with E-state index in [0.29, 0.717) is 6.61 Å². The largest absolute Gasteiger partial charge is 0.494 e. The zero-order valence-corrected chi connectivity index (χ0v) is 24.8. The van der Waals surface area contributed by atoms with Crippen molar-refractivity contribution < 1.29 is 4.74 Å². The van der Waals surface area contributed by atoms with Crippen LogP contribution >= 0.6 is 0 Å². The molecule has 0 saturated carbocycles. The van der Waals surface area contributed by atoms with Gasteiger partial charge in [-0.25, -0.2) is 0 Å². The van der Waals surface area contributed by atoms with Crippen molar-refractivity contribution in [2.24, 2.45) is 4.99 Å². The molecule has 1 heterocycles. The van der Waals surface area contributed by atoms with Gasteiger partial charge in [0.25, 0.3) is 0 Å². The minimum Gasteiger partial charge on any atom is -0.494 e. The average Bonchev–Trinajstić information content (AvgIpc) is 3.02. The van der Waals surface area contributed by atoms with Crippen molar-refractivity contribution in [3.63, 3.8) is 0 Å². The fourth-order valence-corrected chi connectivity index (χ4v) is 4.65. The SMILES string of the molecule is C=C/C(=C\N=CC)C(=C)/C=C(\C)c1cc(C/C=C/c2cccnc2)cc(-c2cccc(-c3ccc(OCC)cc3)c2)c1. The van der Waals surface area contributed by atoms with Gasteiger partial charge in [-0.1, -0.05) is 86.0 Å². The summed E-state index contributed by atoms with van der Waals surface area (Å²) < 4.78 is 5.63. The topological polar surface area (TPSA) is 34.5 Å². The molecule has 4 rings (SSSR count). The first-order valence-electron chi connectivity index (χ1n) is 14.2. The van der Waals surface area contributed by atoms with Crippen molar-refractivity contribution in [2.45, 2.75) is 27.2 Å². The molecule has 0 aliphatic heterocycles. The third-order valence-corrected chi connectivity index (χ3v) is 6.84. The number of hydrogen-bond acceptors (Lipinski definition) is 3. The minimum absolute atomic E-state index is 0.657. The lowest BCUT2D eigenvalue weighted by Gasteiger charge is -2.12. The van der Waals surface area contributed by atoms with Crippen LogP contribution in [0, 0.1) is 0 Å².